The van der Waals surface area contributed by atoms with E-state index in [1.54, 1.807) is 0 Å². The molecule has 2 heteroatoms. The molecule has 1 amide bonds. The van der Waals surface area contributed by atoms with Crippen LogP contribution in [0.1, 0.15) is 26.2 Å². The van der Waals surface area contributed by atoms with E-state index in [0.29, 0.717) is 5.91 Å². The molecule has 57 valence electrons. The quantitative estimate of drug-likeness (QED) is 0.577. The minimum atomic E-state index is 0.335. The molecule has 0 aromatic heterocycles. The Morgan fingerprint density at radius 2 is 2.50 bits per heavy atom. The van der Waals surface area contributed by atoms with Gasteiger partial charge in [0, 0.05) is 19.5 Å². The number of nitrogens with zero attached hydrogens (tertiary/aromatic N) is 1. The summed E-state index contributed by atoms with van der Waals surface area (Å²) in [4.78, 5) is 12.9. The zero-order valence-electron chi connectivity index (χ0n) is 6.47. The van der Waals surface area contributed by atoms with E-state index in [4.69, 9.17) is 0 Å². The summed E-state index contributed by atoms with van der Waals surface area (Å²) in [6.07, 6.45) is 4.96. The average molecular weight is 140 g/mol. The van der Waals surface area contributed by atoms with E-state index in [2.05, 4.69) is 6.42 Å². The second-order valence-corrected chi connectivity index (χ2v) is 2.68. The SMILES string of the molecule is C[CH]CCN1CCCC1=O. The van der Waals surface area contributed by atoms with Crippen molar-refractivity contribution in [2.75, 3.05) is 13.1 Å². The molecule has 0 unspecified atom stereocenters. The van der Waals surface area contributed by atoms with Crippen molar-refractivity contribution in [3.05, 3.63) is 6.42 Å². The highest BCUT2D eigenvalue weighted by Crippen LogP contribution is 2.09. The van der Waals surface area contributed by atoms with Gasteiger partial charge < -0.3 is 4.90 Å². The predicted molar refractivity (Wildman–Crippen MR) is 40.4 cm³/mol. The minimum Gasteiger partial charge on any atom is -0.343 e. The number of hydrogen-bond donors (Lipinski definition) is 0. The average Bonchev–Trinajstić information content (AvgIpc) is 2.31. The van der Waals surface area contributed by atoms with Crippen molar-refractivity contribution >= 4 is 5.91 Å². The fraction of sp³-hybridized carbons (Fsp3) is 0.750. The summed E-state index contributed by atoms with van der Waals surface area (Å²) >= 11 is 0. The fourth-order valence-electron chi connectivity index (χ4n) is 1.23. The zero-order valence-corrected chi connectivity index (χ0v) is 6.47. The first kappa shape index (κ1) is 7.58. The lowest BCUT2D eigenvalue weighted by atomic mass is 10.3. The summed E-state index contributed by atoms with van der Waals surface area (Å²) in [7, 11) is 0. The third-order valence-electron chi connectivity index (χ3n) is 1.86. The van der Waals surface area contributed by atoms with Gasteiger partial charge in [-0.05, 0) is 19.3 Å². The van der Waals surface area contributed by atoms with E-state index in [0.717, 1.165) is 32.4 Å². The smallest absolute Gasteiger partial charge is 0.222 e. The lowest BCUT2D eigenvalue weighted by Gasteiger charge is -2.13. The molecule has 1 fully saturated rings. The van der Waals surface area contributed by atoms with E-state index in [1.807, 2.05) is 11.8 Å². The Morgan fingerprint density at radius 1 is 1.70 bits per heavy atom. The number of rotatable bonds is 3. The van der Waals surface area contributed by atoms with Crippen LogP contribution < -0.4 is 0 Å². The largest absolute Gasteiger partial charge is 0.343 e. The maximum absolute atomic E-state index is 11.0. The summed E-state index contributed by atoms with van der Waals surface area (Å²) in [5.41, 5.74) is 0. The van der Waals surface area contributed by atoms with Crippen LogP contribution in [0.2, 0.25) is 0 Å². The lowest BCUT2D eigenvalue weighted by molar-refractivity contribution is -0.127. The Labute approximate surface area is 62.2 Å². The molecule has 0 aromatic rings. The van der Waals surface area contributed by atoms with Gasteiger partial charge in [0.2, 0.25) is 5.91 Å². The van der Waals surface area contributed by atoms with Crippen molar-refractivity contribution in [2.45, 2.75) is 26.2 Å². The second kappa shape index (κ2) is 3.59. The summed E-state index contributed by atoms with van der Waals surface area (Å²) in [5.74, 6) is 0.335. The van der Waals surface area contributed by atoms with E-state index in [1.165, 1.54) is 0 Å². The summed E-state index contributed by atoms with van der Waals surface area (Å²) < 4.78 is 0. The molecule has 1 heterocycles. The maximum Gasteiger partial charge on any atom is 0.222 e. The molecule has 1 rings (SSSR count). The van der Waals surface area contributed by atoms with Gasteiger partial charge >= 0.3 is 0 Å². The highest BCUT2D eigenvalue weighted by molar-refractivity contribution is 5.77. The summed E-state index contributed by atoms with van der Waals surface area (Å²) in [6, 6.07) is 0. The number of hydrogen-bond acceptors (Lipinski definition) is 1. The predicted octanol–water partition coefficient (Wildman–Crippen LogP) is 1.22. The van der Waals surface area contributed by atoms with Crippen LogP contribution in [-0.4, -0.2) is 23.9 Å². The van der Waals surface area contributed by atoms with E-state index in [-0.39, 0.29) is 0 Å². The van der Waals surface area contributed by atoms with Crippen LogP contribution in [0.25, 0.3) is 0 Å². The number of amides is 1. The molecular formula is C8H14NO. The molecule has 1 saturated heterocycles. The topological polar surface area (TPSA) is 20.3 Å². The van der Waals surface area contributed by atoms with E-state index >= 15 is 0 Å². The molecule has 0 N–H and O–H groups in total. The molecule has 1 radical (unpaired) electrons. The standard InChI is InChI=1S/C8H14NO/c1-2-3-6-9-7-4-5-8(9)10/h2H,3-7H2,1H3. The van der Waals surface area contributed by atoms with Crippen LogP contribution in [0.4, 0.5) is 0 Å². The third-order valence-corrected chi connectivity index (χ3v) is 1.86. The van der Waals surface area contributed by atoms with Gasteiger partial charge in [0.05, 0.1) is 0 Å². The summed E-state index contributed by atoms with van der Waals surface area (Å²) in [5, 5.41) is 0. The van der Waals surface area contributed by atoms with Crippen molar-refractivity contribution in [2.24, 2.45) is 0 Å². The van der Waals surface area contributed by atoms with Crippen molar-refractivity contribution in [1.82, 2.24) is 4.90 Å². The first-order valence-electron chi connectivity index (χ1n) is 3.90. The van der Waals surface area contributed by atoms with Crippen LogP contribution in [0.3, 0.4) is 0 Å². The van der Waals surface area contributed by atoms with Gasteiger partial charge in [-0.1, -0.05) is 6.92 Å². The molecule has 0 aliphatic carbocycles. The Morgan fingerprint density at radius 3 is 3.00 bits per heavy atom. The van der Waals surface area contributed by atoms with Crippen LogP contribution in [-0.2, 0) is 4.79 Å². The first-order valence-corrected chi connectivity index (χ1v) is 3.90. The van der Waals surface area contributed by atoms with Gasteiger partial charge in [-0.25, -0.2) is 0 Å². The van der Waals surface area contributed by atoms with Crippen LogP contribution >= 0.6 is 0 Å². The van der Waals surface area contributed by atoms with E-state index in [9.17, 15) is 4.79 Å². The van der Waals surface area contributed by atoms with Gasteiger partial charge in [0.25, 0.3) is 0 Å². The normalized spacial score (nSPS) is 18.5. The van der Waals surface area contributed by atoms with Crippen molar-refractivity contribution in [3.63, 3.8) is 0 Å². The maximum atomic E-state index is 11.0. The van der Waals surface area contributed by atoms with Crippen molar-refractivity contribution in [1.29, 1.82) is 0 Å². The van der Waals surface area contributed by atoms with Crippen LogP contribution in [0, 0.1) is 6.42 Å². The van der Waals surface area contributed by atoms with Gasteiger partial charge in [-0.15, -0.1) is 0 Å². The third kappa shape index (κ3) is 1.72. The monoisotopic (exact) mass is 140 g/mol. The lowest BCUT2D eigenvalue weighted by Crippen LogP contribution is -2.25. The number of unbranched alkanes of at least 4 members (excludes halogenated alkanes) is 1. The zero-order chi connectivity index (χ0) is 7.40. The minimum absolute atomic E-state index is 0.335. The Bertz CT molecular complexity index is 122. The molecule has 10 heavy (non-hydrogen) atoms. The van der Waals surface area contributed by atoms with Gasteiger partial charge in [-0.2, -0.15) is 0 Å². The number of likely N-dealkylation sites (tertiary alicyclic amines) is 1. The molecule has 1 aliphatic rings. The number of carbonyl (C=O) groups excluding carboxylic acids is 1. The molecule has 1 aliphatic heterocycles. The number of carbonyl (C=O) groups is 1. The molecule has 0 spiro atoms. The molecule has 0 saturated carbocycles. The van der Waals surface area contributed by atoms with Gasteiger partial charge in [0.1, 0.15) is 0 Å². The molecule has 0 bridgehead atoms. The van der Waals surface area contributed by atoms with Gasteiger partial charge in [-0.3, -0.25) is 4.79 Å². The van der Waals surface area contributed by atoms with E-state index < -0.39 is 0 Å². The van der Waals surface area contributed by atoms with Crippen LogP contribution in [0.5, 0.6) is 0 Å². The van der Waals surface area contributed by atoms with Crippen molar-refractivity contribution < 1.29 is 4.79 Å². The Balaban J connectivity index is 2.20. The fourth-order valence-corrected chi connectivity index (χ4v) is 1.23. The Hall–Kier alpha value is -0.530. The van der Waals surface area contributed by atoms with Crippen molar-refractivity contribution in [3.8, 4) is 0 Å². The highest BCUT2D eigenvalue weighted by Gasteiger charge is 2.18. The highest BCUT2D eigenvalue weighted by atomic mass is 16.2. The Kier molecular flexibility index (Phi) is 2.72. The van der Waals surface area contributed by atoms with Crippen LogP contribution in [0.15, 0.2) is 0 Å². The molecule has 2 nitrogen and oxygen atoms in total. The molecule has 0 aromatic carbocycles. The summed E-state index contributed by atoms with van der Waals surface area (Å²) in [6.45, 7) is 3.93. The molecule has 0 atom stereocenters. The second-order valence-electron chi connectivity index (χ2n) is 2.68. The molecular weight excluding hydrogens is 126 g/mol. The first-order chi connectivity index (χ1) is 4.84. The van der Waals surface area contributed by atoms with Gasteiger partial charge in [0.15, 0.2) is 0 Å².